The number of hydrogen-bond donors (Lipinski definition) is 1. The van der Waals surface area contributed by atoms with Crippen LogP contribution in [-0.2, 0) is 6.42 Å². The SMILES string of the molecule is Cc1cc(CCN)cnc1Oc1ccc(Cl)cc1. The van der Waals surface area contributed by atoms with Crippen LogP contribution in [0.5, 0.6) is 11.6 Å². The van der Waals surface area contributed by atoms with Gasteiger partial charge < -0.3 is 10.5 Å². The number of benzene rings is 1. The second kappa shape index (κ2) is 5.85. The van der Waals surface area contributed by atoms with Gasteiger partial charge in [0, 0.05) is 16.8 Å². The molecule has 0 aliphatic heterocycles. The van der Waals surface area contributed by atoms with Gasteiger partial charge in [-0.2, -0.15) is 0 Å². The minimum atomic E-state index is 0.609. The molecule has 0 aliphatic carbocycles. The van der Waals surface area contributed by atoms with Crippen LogP contribution in [0.2, 0.25) is 5.02 Å². The highest BCUT2D eigenvalue weighted by molar-refractivity contribution is 6.30. The molecule has 0 radical (unpaired) electrons. The van der Waals surface area contributed by atoms with Crippen molar-refractivity contribution in [3.8, 4) is 11.6 Å². The lowest BCUT2D eigenvalue weighted by molar-refractivity contribution is 0.458. The van der Waals surface area contributed by atoms with Gasteiger partial charge in [-0.3, -0.25) is 0 Å². The number of aromatic nitrogens is 1. The maximum Gasteiger partial charge on any atom is 0.222 e. The van der Waals surface area contributed by atoms with Crippen LogP contribution in [0, 0.1) is 6.92 Å². The molecule has 0 amide bonds. The van der Waals surface area contributed by atoms with E-state index in [1.807, 2.05) is 25.1 Å². The summed E-state index contributed by atoms with van der Waals surface area (Å²) in [6.07, 6.45) is 2.63. The van der Waals surface area contributed by atoms with Crippen LogP contribution < -0.4 is 10.5 Å². The van der Waals surface area contributed by atoms with Crippen molar-refractivity contribution in [1.29, 1.82) is 0 Å². The number of aryl methyl sites for hydroxylation is 1. The van der Waals surface area contributed by atoms with Gasteiger partial charge in [-0.25, -0.2) is 4.98 Å². The third-order valence-corrected chi connectivity index (χ3v) is 2.80. The molecule has 2 N–H and O–H groups in total. The Morgan fingerprint density at radius 1 is 1.28 bits per heavy atom. The summed E-state index contributed by atoms with van der Waals surface area (Å²) in [6.45, 7) is 2.59. The molecule has 2 rings (SSSR count). The summed E-state index contributed by atoms with van der Waals surface area (Å²) in [4.78, 5) is 4.30. The summed E-state index contributed by atoms with van der Waals surface area (Å²) in [6, 6.07) is 9.25. The first-order valence-corrected chi connectivity index (χ1v) is 6.16. The first-order chi connectivity index (χ1) is 8.69. The lowest BCUT2D eigenvalue weighted by Crippen LogP contribution is -2.03. The fraction of sp³-hybridized carbons (Fsp3) is 0.214. The zero-order valence-electron chi connectivity index (χ0n) is 10.2. The zero-order chi connectivity index (χ0) is 13.0. The van der Waals surface area contributed by atoms with Gasteiger partial charge in [-0.15, -0.1) is 0 Å². The third kappa shape index (κ3) is 3.22. The summed E-state index contributed by atoms with van der Waals surface area (Å²) in [5.74, 6) is 1.33. The Morgan fingerprint density at radius 2 is 2.00 bits per heavy atom. The second-order valence-corrected chi connectivity index (χ2v) is 4.50. The lowest BCUT2D eigenvalue weighted by atomic mass is 10.1. The van der Waals surface area contributed by atoms with E-state index < -0.39 is 0 Å². The largest absolute Gasteiger partial charge is 0.439 e. The van der Waals surface area contributed by atoms with Crippen LogP contribution >= 0.6 is 11.6 Å². The summed E-state index contributed by atoms with van der Waals surface area (Å²) < 4.78 is 5.70. The number of hydrogen-bond acceptors (Lipinski definition) is 3. The molecule has 1 heterocycles. The molecule has 2 aromatic rings. The highest BCUT2D eigenvalue weighted by atomic mass is 35.5. The number of halogens is 1. The van der Waals surface area contributed by atoms with Gasteiger partial charge in [0.25, 0.3) is 0 Å². The molecule has 0 saturated carbocycles. The van der Waals surface area contributed by atoms with E-state index in [0.717, 1.165) is 23.3 Å². The van der Waals surface area contributed by atoms with Crippen LogP contribution in [0.15, 0.2) is 36.5 Å². The van der Waals surface area contributed by atoms with Gasteiger partial charge in [-0.1, -0.05) is 11.6 Å². The number of pyridine rings is 1. The monoisotopic (exact) mass is 262 g/mol. The standard InChI is InChI=1S/C14H15ClN2O/c1-10-8-11(6-7-16)9-17-14(10)18-13-4-2-12(15)3-5-13/h2-5,8-9H,6-7,16H2,1H3. The first kappa shape index (κ1) is 12.9. The topological polar surface area (TPSA) is 48.1 Å². The van der Waals surface area contributed by atoms with Gasteiger partial charge in [0.15, 0.2) is 0 Å². The Morgan fingerprint density at radius 3 is 2.61 bits per heavy atom. The highest BCUT2D eigenvalue weighted by Gasteiger charge is 2.04. The van der Waals surface area contributed by atoms with Gasteiger partial charge in [-0.05, 0) is 55.8 Å². The molecule has 0 bridgehead atoms. The lowest BCUT2D eigenvalue weighted by Gasteiger charge is -2.08. The quantitative estimate of drug-likeness (QED) is 0.919. The Balaban J connectivity index is 2.16. The second-order valence-electron chi connectivity index (χ2n) is 4.06. The molecule has 0 fully saturated rings. The van der Waals surface area contributed by atoms with Gasteiger partial charge in [0.05, 0.1) is 0 Å². The smallest absolute Gasteiger partial charge is 0.222 e. The fourth-order valence-electron chi connectivity index (χ4n) is 1.64. The minimum Gasteiger partial charge on any atom is -0.439 e. The Hall–Kier alpha value is -1.58. The zero-order valence-corrected chi connectivity index (χ0v) is 10.9. The van der Waals surface area contributed by atoms with E-state index in [1.165, 1.54) is 0 Å². The maximum absolute atomic E-state index is 5.82. The van der Waals surface area contributed by atoms with Crippen LogP contribution in [0.25, 0.3) is 0 Å². The average Bonchev–Trinajstić information content (AvgIpc) is 2.36. The van der Waals surface area contributed by atoms with Crippen molar-refractivity contribution in [2.75, 3.05) is 6.54 Å². The maximum atomic E-state index is 5.82. The van der Waals surface area contributed by atoms with Crippen molar-refractivity contribution in [1.82, 2.24) is 4.98 Å². The van der Waals surface area contributed by atoms with Gasteiger partial charge >= 0.3 is 0 Å². The molecule has 1 aromatic heterocycles. The highest BCUT2D eigenvalue weighted by Crippen LogP contribution is 2.24. The number of nitrogens with zero attached hydrogens (tertiary/aromatic N) is 1. The Bertz CT molecular complexity index is 526. The van der Waals surface area contributed by atoms with E-state index in [4.69, 9.17) is 22.1 Å². The van der Waals surface area contributed by atoms with Crippen molar-refractivity contribution in [2.24, 2.45) is 5.73 Å². The van der Waals surface area contributed by atoms with Crippen LogP contribution in [0.1, 0.15) is 11.1 Å². The molecule has 0 unspecified atom stereocenters. The predicted octanol–water partition coefficient (Wildman–Crippen LogP) is 3.34. The molecule has 0 aliphatic rings. The van der Waals surface area contributed by atoms with E-state index in [1.54, 1.807) is 18.3 Å². The van der Waals surface area contributed by atoms with Crippen molar-refractivity contribution < 1.29 is 4.74 Å². The fourth-order valence-corrected chi connectivity index (χ4v) is 1.77. The summed E-state index contributed by atoms with van der Waals surface area (Å²) >= 11 is 5.82. The van der Waals surface area contributed by atoms with Crippen molar-refractivity contribution >= 4 is 11.6 Å². The average molecular weight is 263 g/mol. The molecular formula is C14H15ClN2O. The summed E-state index contributed by atoms with van der Waals surface area (Å²) in [5, 5.41) is 0.685. The Kier molecular flexibility index (Phi) is 4.18. The minimum absolute atomic E-state index is 0.609. The first-order valence-electron chi connectivity index (χ1n) is 5.78. The van der Waals surface area contributed by atoms with E-state index >= 15 is 0 Å². The van der Waals surface area contributed by atoms with Crippen molar-refractivity contribution in [3.63, 3.8) is 0 Å². The molecule has 1 aromatic carbocycles. The molecular weight excluding hydrogens is 248 g/mol. The molecule has 18 heavy (non-hydrogen) atoms. The third-order valence-electron chi connectivity index (χ3n) is 2.55. The molecule has 0 atom stereocenters. The number of rotatable bonds is 4. The molecule has 3 nitrogen and oxygen atoms in total. The van der Waals surface area contributed by atoms with Gasteiger partial charge in [0.2, 0.25) is 5.88 Å². The van der Waals surface area contributed by atoms with E-state index in [2.05, 4.69) is 4.98 Å². The van der Waals surface area contributed by atoms with Crippen molar-refractivity contribution in [3.05, 3.63) is 52.7 Å². The molecule has 4 heteroatoms. The summed E-state index contributed by atoms with van der Waals surface area (Å²) in [7, 11) is 0. The van der Waals surface area contributed by atoms with Crippen LogP contribution in [0.3, 0.4) is 0 Å². The van der Waals surface area contributed by atoms with Gasteiger partial charge in [0.1, 0.15) is 5.75 Å². The summed E-state index contributed by atoms with van der Waals surface area (Å²) in [5.41, 5.74) is 7.63. The van der Waals surface area contributed by atoms with E-state index in [9.17, 15) is 0 Å². The number of nitrogens with two attached hydrogens (primary N) is 1. The molecule has 0 spiro atoms. The van der Waals surface area contributed by atoms with E-state index in [0.29, 0.717) is 17.4 Å². The molecule has 94 valence electrons. The number of ether oxygens (including phenoxy) is 1. The molecule has 0 saturated heterocycles. The normalized spacial score (nSPS) is 10.4. The van der Waals surface area contributed by atoms with Crippen molar-refractivity contribution in [2.45, 2.75) is 13.3 Å². The Labute approximate surface area is 112 Å². The van der Waals surface area contributed by atoms with Crippen LogP contribution in [0.4, 0.5) is 0 Å². The van der Waals surface area contributed by atoms with Crippen LogP contribution in [-0.4, -0.2) is 11.5 Å². The van der Waals surface area contributed by atoms with E-state index in [-0.39, 0.29) is 0 Å². The predicted molar refractivity (Wildman–Crippen MR) is 73.3 cm³/mol.